The molecule has 0 N–H and O–H groups in total. The number of aryl methyl sites for hydroxylation is 2. The van der Waals surface area contributed by atoms with Crippen LogP contribution in [-0.2, 0) is 12.8 Å². The zero-order valence-corrected chi connectivity index (χ0v) is 13.9. The molecule has 0 spiro atoms. The van der Waals surface area contributed by atoms with Crippen LogP contribution in [0.2, 0.25) is 0 Å². The second-order valence-corrected chi connectivity index (χ2v) is 6.92. The van der Waals surface area contributed by atoms with E-state index in [1.54, 1.807) is 0 Å². The molecule has 3 aromatic rings. The van der Waals surface area contributed by atoms with Gasteiger partial charge in [0, 0.05) is 20.2 Å². The van der Waals surface area contributed by atoms with Crippen LogP contribution in [0.4, 0.5) is 0 Å². The van der Waals surface area contributed by atoms with E-state index < -0.39 is 0 Å². The zero-order valence-electron chi connectivity index (χ0n) is 13.1. The Morgan fingerprint density at radius 2 is 1.19 bits per heavy atom. The molecule has 1 aromatic heterocycles. The van der Waals surface area contributed by atoms with Gasteiger partial charge < -0.3 is 0 Å². The summed E-state index contributed by atoms with van der Waals surface area (Å²) < 4.78 is 3.04. The molecule has 0 saturated heterocycles. The smallest absolute Gasteiger partial charge is 0.0387 e. The monoisotopic (exact) mass is 296 g/mol. The first-order valence-electron chi connectivity index (χ1n) is 8.27. The molecule has 21 heavy (non-hydrogen) atoms. The molecule has 0 aliphatic carbocycles. The van der Waals surface area contributed by atoms with Crippen molar-refractivity contribution in [3.8, 4) is 0 Å². The maximum Gasteiger partial charge on any atom is 0.0387 e. The van der Waals surface area contributed by atoms with E-state index in [1.807, 2.05) is 11.3 Å². The van der Waals surface area contributed by atoms with Crippen molar-refractivity contribution >= 4 is 31.5 Å². The molecule has 0 atom stereocenters. The predicted octanol–water partition coefficient (Wildman–Crippen LogP) is 6.74. The quantitative estimate of drug-likeness (QED) is 0.472. The number of thiophene rings is 1. The van der Waals surface area contributed by atoms with Crippen molar-refractivity contribution in [3.05, 3.63) is 47.5 Å². The van der Waals surface area contributed by atoms with Gasteiger partial charge in [0.25, 0.3) is 0 Å². The van der Waals surface area contributed by atoms with Crippen LogP contribution in [0, 0.1) is 0 Å². The van der Waals surface area contributed by atoms with Crippen LogP contribution >= 0.6 is 11.3 Å². The lowest BCUT2D eigenvalue weighted by Crippen LogP contribution is -1.84. The summed E-state index contributed by atoms with van der Waals surface area (Å²) >= 11 is 2.02. The predicted molar refractivity (Wildman–Crippen MR) is 96.6 cm³/mol. The third kappa shape index (κ3) is 2.85. The topological polar surface area (TPSA) is 0 Å². The van der Waals surface area contributed by atoms with E-state index in [0.717, 1.165) is 0 Å². The minimum atomic E-state index is 1.21. The summed E-state index contributed by atoms with van der Waals surface area (Å²) in [5, 5.41) is 2.92. The Kier molecular flexibility index (Phi) is 4.60. The lowest BCUT2D eigenvalue weighted by Gasteiger charge is -2.01. The Balaban J connectivity index is 2.14. The van der Waals surface area contributed by atoms with Crippen molar-refractivity contribution < 1.29 is 0 Å². The van der Waals surface area contributed by atoms with Gasteiger partial charge in [-0.15, -0.1) is 11.3 Å². The number of benzene rings is 2. The number of hydrogen-bond donors (Lipinski definition) is 0. The lowest BCUT2D eigenvalue weighted by atomic mass is 10.0. The molecular weight excluding hydrogens is 272 g/mol. The van der Waals surface area contributed by atoms with Gasteiger partial charge in [-0.3, -0.25) is 0 Å². The van der Waals surface area contributed by atoms with Crippen molar-refractivity contribution in [3.63, 3.8) is 0 Å². The number of unbranched alkanes of at least 4 members (excludes halogenated alkanes) is 2. The Morgan fingerprint density at radius 1 is 0.714 bits per heavy atom. The van der Waals surface area contributed by atoms with Crippen molar-refractivity contribution in [1.82, 2.24) is 0 Å². The first-order chi connectivity index (χ1) is 10.3. The SMILES string of the molecule is CCCCc1cccc2c1sc1c(CCCC)cccc12. The summed E-state index contributed by atoms with van der Waals surface area (Å²) in [5.74, 6) is 0. The molecule has 3 rings (SSSR count). The van der Waals surface area contributed by atoms with E-state index in [1.165, 1.54) is 69.8 Å². The minimum Gasteiger partial charge on any atom is -0.135 e. The normalized spacial score (nSPS) is 11.5. The average molecular weight is 296 g/mol. The third-order valence-electron chi connectivity index (χ3n) is 4.29. The summed E-state index contributed by atoms with van der Waals surface area (Å²) in [6, 6.07) is 13.7. The Hall–Kier alpha value is -1.34. The minimum absolute atomic E-state index is 1.21. The number of rotatable bonds is 6. The van der Waals surface area contributed by atoms with Crippen LogP contribution in [0.15, 0.2) is 36.4 Å². The van der Waals surface area contributed by atoms with Crippen LogP contribution in [-0.4, -0.2) is 0 Å². The molecule has 0 fully saturated rings. The Bertz CT molecular complexity index is 674. The summed E-state index contributed by atoms with van der Waals surface area (Å²) in [6.07, 6.45) is 7.54. The highest BCUT2D eigenvalue weighted by Crippen LogP contribution is 2.38. The van der Waals surface area contributed by atoms with Gasteiger partial charge in [0.1, 0.15) is 0 Å². The van der Waals surface area contributed by atoms with Gasteiger partial charge in [0.05, 0.1) is 0 Å². The highest BCUT2D eigenvalue weighted by molar-refractivity contribution is 7.26. The van der Waals surface area contributed by atoms with E-state index in [9.17, 15) is 0 Å². The fourth-order valence-electron chi connectivity index (χ4n) is 3.07. The van der Waals surface area contributed by atoms with Crippen LogP contribution < -0.4 is 0 Å². The standard InChI is InChI=1S/C20H24S/c1-3-5-9-15-11-7-13-17-18-14-8-12-16(10-6-4-2)20(18)21-19(15)17/h7-8,11-14H,3-6,9-10H2,1-2H3. The molecule has 0 aliphatic heterocycles. The first kappa shape index (κ1) is 14.6. The van der Waals surface area contributed by atoms with E-state index in [-0.39, 0.29) is 0 Å². The van der Waals surface area contributed by atoms with Crippen molar-refractivity contribution in [2.45, 2.75) is 52.4 Å². The van der Waals surface area contributed by atoms with Crippen LogP contribution in [0.5, 0.6) is 0 Å². The van der Waals surface area contributed by atoms with Gasteiger partial charge in [0.15, 0.2) is 0 Å². The first-order valence-corrected chi connectivity index (χ1v) is 9.08. The van der Waals surface area contributed by atoms with Gasteiger partial charge in [-0.05, 0) is 36.8 Å². The summed E-state index contributed by atoms with van der Waals surface area (Å²) in [7, 11) is 0. The van der Waals surface area contributed by atoms with Crippen LogP contribution in [0.3, 0.4) is 0 Å². The fraction of sp³-hybridized carbons (Fsp3) is 0.400. The molecule has 2 aromatic carbocycles. The average Bonchev–Trinajstić information content (AvgIpc) is 2.91. The molecule has 0 nitrogen and oxygen atoms in total. The van der Waals surface area contributed by atoms with Crippen LogP contribution in [0.1, 0.15) is 50.7 Å². The molecule has 110 valence electrons. The molecular formula is C20H24S. The van der Waals surface area contributed by atoms with E-state index in [4.69, 9.17) is 0 Å². The Labute approximate surface area is 131 Å². The molecule has 0 saturated carbocycles. The summed E-state index contributed by atoms with van der Waals surface area (Å²) in [4.78, 5) is 0. The molecule has 1 heteroatoms. The molecule has 0 unspecified atom stereocenters. The molecule has 0 radical (unpaired) electrons. The largest absolute Gasteiger partial charge is 0.135 e. The fourth-order valence-corrected chi connectivity index (χ4v) is 4.45. The highest BCUT2D eigenvalue weighted by atomic mass is 32.1. The van der Waals surface area contributed by atoms with Crippen LogP contribution in [0.25, 0.3) is 20.2 Å². The van der Waals surface area contributed by atoms with Crippen molar-refractivity contribution in [2.75, 3.05) is 0 Å². The molecule has 0 bridgehead atoms. The van der Waals surface area contributed by atoms with Crippen molar-refractivity contribution in [2.24, 2.45) is 0 Å². The Morgan fingerprint density at radius 3 is 1.62 bits per heavy atom. The number of hydrogen-bond acceptors (Lipinski definition) is 1. The maximum atomic E-state index is 2.32. The summed E-state index contributed by atoms with van der Waals surface area (Å²) in [5.41, 5.74) is 3.08. The van der Waals surface area contributed by atoms with Gasteiger partial charge >= 0.3 is 0 Å². The maximum absolute atomic E-state index is 2.32. The number of fused-ring (bicyclic) bond motifs is 3. The second-order valence-electron chi connectivity index (χ2n) is 5.90. The van der Waals surface area contributed by atoms with Crippen molar-refractivity contribution in [1.29, 1.82) is 0 Å². The van der Waals surface area contributed by atoms with E-state index in [0.29, 0.717) is 0 Å². The van der Waals surface area contributed by atoms with Gasteiger partial charge in [-0.2, -0.15) is 0 Å². The highest BCUT2D eigenvalue weighted by Gasteiger charge is 2.11. The molecule has 0 aliphatic rings. The van der Waals surface area contributed by atoms with Gasteiger partial charge in [-0.1, -0.05) is 63.1 Å². The van der Waals surface area contributed by atoms with Gasteiger partial charge in [0.2, 0.25) is 0 Å². The van der Waals surface area contributed by atoms with E-state index >= 15 is 0 Å². The van der Waals surface area contributed by atoms with E-state index in [2.05, 4.69) is 50.2 Å². The second kappa shape index (κ2) is 6.62. The molecule has 0 amide bonds. The zero-order chi connectivity index (χ0) is 14.7. The third-order valence-corrected chi connectivity index (χ3v) is 5.66. The molecule has 1 heterocycles. The van der Waals surface area contributed by atoms with Gasteiger partial charge in [-0.25, -0.2) is 0 Å². The summed E-state index contributed by atoms with van der Waals surface area (Å²) in [6.45, 7) is 4.54. The lowest BCUT2D eigenvalue weighted by molar-refractivity contribution is 0.799.